The van der Waals surface area contributed by atoms with Crippen LogP contribution < -0.4 is 5.32 Å². The summed E-state index contributed by atoms with van der Waals surface area (Å²) in [4.78, 5) is 18.9. The molecular formula is C12H6Cl2F3N3O. The number of alkyl halides is 3. The molecule has 110 valence electrons. The van der Waals surface area contributed by atoms with Gasteiger partial charge < -0.3 is 5.32 Å². The highest BCUT2D eigenvalue weighted by Crippen LogP contribution is 2.28. The lowest BCUT2D eigenvalue weighted by Gasteiger charge is -2.08. The summed E-state index contributed by atoms with van der Waals surface area (Å²) in [7, 11) is 0. The van der Waals surface area contributed by atoms with E-state index in [0.29, 0.717) is 0 Å². The zero-order chi connectivity index (χ0) is 15.6. The Balaban J connectivity index is 2.18. The lowest BCUT2D eigenvalue weighted by Crippen LogP contribution is -2.15. The van der Waals surface area contributed by atoms with Crippen LogP contribution in [-0.2, 0) is 6.18 Å². The van der Waals surface area contributed by atoms with Crippen molar-refractivity contribution < 1.29 is 18.0 Å². The molecule has 4 nitrogen and oxygen atoms in total. The van der Waals surface area contributed by atoms with Crippen LogP contribution in [0.3, 0.4) is 0 Å². The zero-order valence-corrected chi connectivity index (χ0v) is 11.6. The summed E-state index contributed by atoms with van der Waals surface area (Å²) in [5.41, 5.74) is -1.12. The number of aromatic nitrogens is 2. The Kier molecular flexibility index (Phi) is 4.34. The van der Waals surface area contributed by atoms with Gasteiger partial charge in [-0.05, 0) is 24.3 Å². The zero-order valence-electron chi connectivity index (χ0n) is 10.1. The van der Waals surface area contributed by atoms with E-state index in [4.69, 9.17) is 23.2 Å². The molecule has 0 fully saturated rings. The number of halogens is 5. The third-order valence-corrected chi connectivity index (χ3v) is 2.85. The number of hydrogen-bond acceptors (Lipinski definition) is 3. The van der Waals surface area contributed by atoms with Crippen molar-refractivity contribution in [1.82, 2.24) is 9.97 Å². The first-order chi connectivity index (χ1) is 9.77. The molecule has 0 saturated heterocycles. The molecule has 0 aliphatic rings. The molecular weight excluding hydrogens is 330 g/mol. The predicted molar refractivity (Wildman–Crippen MR) is 71.4 cm³/mol. The minimum atomic E-state index is -4.54. The van der Waals surface area contributed by atoms with Crippen LogP contribution in [0.2, 0.25) is 10.2 Å². The molecule has 0 saturated carbocycles. The molecule has 9 heteroatoms. The second-order valence-corrected chi connectivity index (χ2v) is 4.64. The molecule has 1 N–H and O–H groups in total. The molecule has 0 bridgehead atoms. The van der Waals surface area contributed by atoms with Crippen LogP contribution >= 0.6 is 23.2 Å². The summed E-state index contributed by atoms with van der Waals surface area (Å²) in [5, 5.41) is 2.46. The number of anilines is 1. The largest absolute Gasteiger partial charge is 0.433 e. The van der Waals surface area contributed by atoms with Gasteiger partial charge in [-0.25, -0.2) is 9.97 Å². The van der Waals surface area contributed by atoms with E-state index in [-0.39, 0.29) is 21.6 Å². The van der Waals surface area contributed by atoms with Crippen molar-refractivity contribution in [1.29, 1.82) is 0 Å². The third-order valence-electron chi connectivity index (χ3n) is 2.34. The van der Waals surface area contributed by atoms with E-state index in [0.717, 1.165) is 18.3 Å². The third kappa shape index (κ3) is 3.83. The molecule has 0 radical (unpaired) electrons. The van der Waals surface area contributed by atoms with Crippen LogP contribution in [0.25, 0.3) is 0 Å². The molecule has 0 aliphatic heterocycles. The van der Waals surface area contributed by atoms with Gasteiger partial charge in [0.05, 0.1) is 16.9 Å². The Morgan fingerprint density at radius 2 is 1.86 bits per heavy atom. The van der Waals surface area contributed by atoms with E-state index in [2.05, 4.69) is 15.3 Å². The molecule has 1 amide bonds. The van der Waals surface area contributed by atoms with Gasteiger partial charge in [0.15, 0.2) is 0 Å². The predicted octanol–water partition coefficient (Wildman–Crippen LogP) is 4.05. The number of amides is 1. The molecule has 2 aromatic heterocycles. The van der Waals surface area contributed by atoms with E-state index in [9.17, 15) is 18.0 Å². The van der Waals surface area contributed by atoms with Crippen LogP contribution in [0.4, 0.5) is 18.9 Å². The number of nitrogens with zero attached hydrogens (tertiary/aromatic N) is 2. The highest BCUT2D eigenvalue weighted by molar-refractivity contribution is 6.35. The summed E-state index contributed by atoms with van der Waals surface area (Å²) >= 11 is 11.4. The van der Waals surface area contributed by atoms with Gasteiger partial charge in [-0.15, -0.1) is 0 Å². The number of rotatable bonds is 2. The van der Waals surface area contributed by atoms with Gasteiger partial charge >= 0.3 is 6.18 Å². The summed E-state index contributed by atoms with van der Waals surface area (Å²) in [5.74, 6) is -0.705. The van der Waals surface area contributed by atoms with Gasteiger partial charge in [0.25, 0.3) is 5.91 Å². The van der Waals surface area contributed by atoms with E-state index < -0.39 is 17.8 Å². The number of carbonyl (C=O) groups excluding carboxylic acids is 1. The average molecular weight is 336 g/mol. The van der Waals surface area contributed by atoms with Crippen molar-refractivity contribution in [2.45, 2.75) is 6.18 Å². The molecule has 0 aromatic carbocycles. The Morgan fingerprint density at radius 1 is 1.14 bits per heavy atom. The molecule has 0 atom stereocenters. The molecule has 2 heterocycles. The van der Waals surface area contributed by atoms with Crippen LogP contribution in [0.15, 0.2) is 30.5 Å². The van der Waals surface area contributed by atoms with Crippen molar-refractivity contribution in [2.24, 2.45) is 0 Å². The number of carbonyl (C=O) groups is 1. The summed E-state index contributed by atoms with van der Waals surface area (Å²) in [6.07, 6.45) is -3.65. The number of hydrogen-bond donors (Lipinski definition) is 1. The Morgan fingerprint density at radius 3 is 2.43 bits per heavy atom. The van der Waals surface area contributed by atoms with Gasteiger partial charge in [-0.3, -0.25) is 4.79 Å². The molecule has 0 aliphatic carbocycles. The quantitative estimate of drug-likeness (QED) is 0.842. The first kappa shape index (κ1) is 15.5. The molecule has 21 heavy (non-hydrogen) atoms. The Hall–Kier alpha value is -1.86. The standard InChI is InChI=1S/C12H6Cl2F3N3O/c13-7-2-4-9(14)20-10(7)11(21)19-6-1-3-8(18-5-6)12(15,16)17/h1-5H,(H,19,21). The number of nitrogens with one attached hydrogen (secondary N) is 1. The molecule has 0 unspecified atom stereocenters. The van der Waals surface area contributed by atoms with Crippen molar-refractivity contribution in [3.8, 4) is 0 Å². The van der Waals surface area contributed by atoms with Crippen molar-refractivity contribution >= 4 is 34.8 Å². The average Bonchev–Trinajstić information content (AvgIpc) is 2.41. The fourth-order valence-electron chi connectivity index (χ4n) is 1.40. The maximum absolute atomic E-state index is 12.4. The summed E-state index contributed by atoms with van der Waals surface area (Å²) in [6.45, 7) is 0. The van der Waals surface area contributed by atoms with E-state index in [1.165, 1.54) is 12.1 Å². The van der Waals surface area contributed by atoms with Crippen LogP contribution in [0, 0.1) is 0 Å². The minimum Gasteiger partial charge on any atom is -0.319 e. The van der Waals surface area contributed by atoms with Gasteiger partial charge in [0.2, 0.25) is 0 Å². The molecule has 2 rings (SSSR count). The minimum absolute atomic E-state index is 0.0649. The van der Waals surface area contributed by atoms with Crippen LogP contribution in [0.1, 0.15) is 16.2 Å². The van der Waals surface area contributed by atoms with Gasteiger partial charge in [0.1, 0.15) is 16.5 Å². The van der Waals surface area contributed by atoms with E-state index in [1.807, 2.05) is 0 Å². The lowest BCUT2D eigenvalue weighted by atomic mass is 10.3. The Labute approximate surface area is 126 Å². The molecule has 0 spiro atoms. The number of pyridine rings is 2. The fourth-order valence-corrected chi connectivity index (χ4v) is 1.74. The smallest absolute Gasteiger partial charge is 0.319 e. The maximum Gasteiger partial charge on any atom is 0.433 e. The second kappa shape index (κ2) is 5.87. The second-order valence-electron chi connectivity index (χ2n) is 3.85. The van der Waals surface area contributed by atoms with E-state index >= 15 is 0 Å². The van der Waals surface area contributed by atoms with Gasteiger partial charge in [-0.1, -0.05) is 23.2 Å². The lowest BCUT2D eigenvalue weighted by molar-refractivity contribution is -0.141. The van der Waals surface area contributed by atoms with Gasteiger partial charge in [0, 0.05) is 0 Å². The van der Waals surface area contributed by atoms with Crippen molar-refractivity contribution in [3.05, 3.63) is 52.0 Å². The fraction of sp³-hybridized carbons (Fsp3) is 0.0833. The topological polar surface area (TPSA) is 54.9 Å². The first-order valence-corrected chi connectivity index (χ1v) is 6.19. The first-order valence-electron chi connectivity index (χ1n) is 5.44. The SMILES string of the molecule is O=C(Nc1ccc(C(F)(F)F)nc1)c1nc(Cl)ccc1Cl. The highest BCUT2D eigenvalue weighted by Gasteiger charge is 2.32. The van der Waals surface area contributed by atoms with Crippen molar-refractivity contribution in [2.75, 3.05) is 5.32 Å². The summed E-state index contributed by atoms with van der Waals surface area (Å²) < 4.78 is 37.1. The van der Waals surface area contributed by atoms with Crippen molar-refractivity contribution in [3.63, 3.8) is 0 Å². The molecule has 2 aromatic rings. The Bertz CT molecular complexity index is 674. The van der Waals surface area contributed by atoms with Crippen LogP contribution in [0.5, 0.6) is 0 Å². The summed E-state index contributed by atoms with van der Waals surface area (Å²) in [6, 6.07) is 4.62. The van der Waals surface area contributed by atoms with Gasteiger partial charge in [-0.2, -0.15) is 13.2 Å². The monoisotopic (exact) mass is 335 g/mol. The maximum atomic E-state index is 12.4. The highest BCUT2D eigenvalue weighted by atomic mass is 35.5. The van der Waals surface area contributed by atoms with E-state index in [1.54, 1.807) is 0 Å². The van der Waals surface area contributed by atoms with Crippen LogP contribution in [-0.4, -0.2) is 15.9 Å². The normalized spacial score (nSPS) is 11.3.